The summed E-state index contributed by atoms with van der Waals surface area (Å²) >= 11 is 0. The number of fused-ring (bicyclic) bond motifs is 2. The van der Waals surface area contributed by atoms with Crippen LogP contribution in [0.5, 0.6) is 0 Å². The number of aldehydes is 1. The Morgan fingerprint density at radius 3 is 1.31 bits per heavy atom. The zero-order chi connectivity index (χ0) is 61.5. The van der Waals surface area contributed by atoms with Crippen molar-refractivity contribution in [3.63, 3.8) is 0 Å². The molecule has 0 bridgehead atoms. The van der Waals surface area contributed by atoms with Gasteiger partial charge in [-0.2, -0.15) is 0 Å². The Balaban J connectivity index is 0.000000156. The van der Waals surface area contributed by atoms with Crippen molar-refractivity contribution >= 4 is 50.0 Å². The minimum absolute atomic E-state index is 0.00551. The van der Waals surface area contributed by atoms with Crippen molar-refractivity contribution in [1.29, 1.82) is 0 Å². The predicted octanol–water partition coefficient (Wildman–Crippen LogP) is 17.6. The largest absolute Gasteiger partial charge is 0.316 e. The average Bonchev–Trinajstić information content (AvgIpc) is 2.62. The van der Waals surface area contributed by atoms with Gasteiger partial charge in [0.05, 0.1) is 40.7 Å². The number of carbonyl (C=O) groups excluding carboxylic acids is 3. The molecule has 8 aromatic heterocycles. The summed E-state index contributed by atoms with van der Waals surface area (Å²) in [4.78, 5) is 54.4. The lowest BCUT2D eigenvalue weighted by Crippen LogP contribution is -2.29. The van der Waals surface area contributed by atoms with Crippen LogP contribution in [0.1, 0.15) is 138 Å². The van der Waals surface area contributed by atoms with Crippen LogP contribution in [0.4, 0.5) is 0 Å². The smallest absolute Gasteiger partial charge is 0.274 e. The third-order valence-electron chi connectivity index (χ3n) is 14.2. The molecule has 0 saturated heterocycles. The molecule has 1 unspecified atom stereocenters. The third kappa shape index (κ3) is 13.8. The molecule has 0 spiro atoms. The normalized spacial score (nSPS) is 11.6. The molecule has 12 nitrogen and oxygen atoms in total. The number of imidazole rings is 4. The van der Waals surface area contributed by atoms with Crippen LogP contribution in [-0.2, 0) is 13.0 Å². The lowest BCUT2D eigenvalue weighted by atomic mass is 10.0. The Hall–Kier alpha value is -9.12. The molecule has 85 heavy (non-hydrogen) atoms. The summed E-state index contributed by atoms with van der Waals surface area (Å²) in [6.45, 7) is 28.9. The van der Waals surface area contributed by atoms with Crippen molar-refractivity contribution in [2.24, 2.45) is 0 Å². The molecule has 0 fully saturated rings. The maximum atomic E-state index is 12.2. The Morgan fingerprint density at radius 2 is 0.812 bits per heavy atom. The van der Waals surface area contributed by atoms with Gasteiger partial charge in [-0.05, 0) is 106 Å². The van der Waals surface area contributed by atoms with Crippen LogP contribution in [0.15, 0.2) is 176 Å². The Kier molecular flexibility index (Phi) is 22.0. The van der Waals surface area contributed by atoms with E-state index in [1.165, 1.54) is 33.5 Å². The minimum Gasteiger partial charge on any atom is -0.316 e. The van der Waals surface area contributed by atoms with Crippen LogP contribution in [0.2, 0.25) is 0 Å². The first kappa shape index (κ1) is 63.5. The molecule has 1 amide bonds. The molecular formula is C72H80N9O3P. The van der Waals surface area contributed by atoms with E-state index in [0.29, 0.717) is 24.4 Å². The molecule has 0 radical (unpaired) electrons. The standard InChI is InChI=1S/C17H14N2O.C16H14N3OP.C16H14N2O.C15H14N2.4C2H6/c1-11-5-7-12(8-6-11)17-14-9-10-15(20)13-3-2-4-16(18-17)19(13)14;1-10-5-7-11(8-6-10)15-13-9-18(21)16(20)12-3-2-4-14(17-15)19(12)13;1-11-6-8-13(9-7-11)16-14(10-19)18-12(2)4-3-5-15(18)17-16;1-11-6-8-13(9-7-11)14-10-17-12(2)4-3-5-15(17)16-14;4*1-2/h2-8H,9-10H2,1H3;2-8H,9,21H2,1H3;3-10H,1-2H3;3-10H,1-2H3;4*1-2H3. The van der Waals surface area contributed by atoms with Gasteiger partial charge in [-0.3, -0.25) is 27.6 Å². The molecule has 0 saturated carbocycles. The molecular weight excluding hydrogens is 1070 g/mol. The number of aromatic nitrogens is 8. The van der Waals surface area contributed by atoms with Gasteiger partial charge in [-0.25, -0.2) is 19.9 Å². The zero-order valence-electron chi connectivity index (χ0n) is 51.8. The van der Waals surface area contributed by atoms with Crippen LogP contribution < -0.4 is 0 Å². The van der Waals surface area contributed by atoms with Crippen LogP contribution in [0.3, 0.4) is 0 Å². The number of carbonyl (C=O) groups is 3. The van der Waals surface area contributed by atoms with Gasteiger partial charge in [0.15, 0.2) is 12.1 Å². The first-order chi connectivity index (χ1) is 41.3. The summed E-state index contributed by atoms with van der Waals surface area (Å²) in [7, 11) is 2.50. The topological polar surface area (TPSA) is 124 Å². The lowest BCUT2D eigenvalue weighted by Gasteiger charge is -2.23. The Bertz CT molecular complexity index is 4210. The van der Waals surface area contributed by atoms with Gasteiger partial charge in [0.2, 0.25) is 0 Å². The van der Waals surface area contributed by atoms with Crippen LogP contribution >= 0.6 is 9.39 Å². The second kappa shape index (κ2) is 29.4. The number of aryl methyl sites for hydroxylation is 7. The Morgan fingerprint density at radius 1 is 0.412 bits per heavy atom. The minimum atomic E-state index is 0.00551. The van der Waals surface area contributed by atoms with Crippen molar-refractivity contribution in [2.45, 2.75) is 116 Å². The molecule has 4 aromatic carbocycles. The highest BCUT2D eigenvalue weighted by atomic mass is 31.0. The van der Waals surface area contributed by atoms with Crippen molar-refractivity contribution in [3.05, 3.63) is 238 Å². The summed E-state index contributed by atoms with van der Waals surface area (Å²) in [6, 6.07) is 56.7. The number of amides is 1. The van der Waals surface area contributed by atoms with Crippen LogP contribution in [0.25, 0.3) is 67.6 Å². The number of nitrogens with zero attached hydrogens (tertiary/aromatic N) is 9. The number of ketones is 1. The van der Waals surface area contributed by atoms with Gasteiger partial charge in [-0.15, -0.1) is 0 Å². The number of benzene rings is 4. The average molecular weight is 1150 g/mol. The fourth-order valence-corrected chi connectivity index (χ4v) is 10.3. The molecule has 13 heteroatoms. The van der Waals surface area contributed by atoms with Crippen molar-refractivity contribution < 1.29 is 14.4 Å². The van der Waals surface area contributed by atoms with E-state index in [9.17, 15) is 14.4 Å². The second-order valence-corrected chi connectivity index (χ2v) is 20.3. The van der Waals surface area contributed by atoms with Gasteiger partial charge in [0, 0.05) is 46.3 Å². The number of rotatable bonds is 5. The highest BCUT2D eigenvalue weighted by Gasteiger charge is 2.28. The van der Waals surface area contributed by atoms with E-state index in [2.05, 4.69) is 137 Å². The summed E-state index contributed by atoms with van der Waals surface area (Å²) < 4.78 is 9.65. The second-order valence-electron chi connectivity index (χ2n) is 19.7. The molecule has 436 valence electrons. The third-order valence-corrected chi connectivity index (χ3v) is 14.6. The fourth-order valence-electron chi connectivity index (χ4n) is 10.0. The molecule has 2 aliphatic heterocycles. The molecule has 14 rings (SSSR count). The SMILES string of the molecule is CC.CC.CC.CC.Cc1ccc(-c2cn3c(C)cccc3n2)cc1.Cc1ccc(-c2nc3cccc(C)n3c2C=O)cc1.Cc1ccc(-c2nc3cccc4n3c2CCC4=O)cc1.Cc1ccc(-c2nc3cccc4n3c2CN(P)C4=O)cc1. The van der Waals surface area contributed by atoms with E-state index < -0.39 is 0 Å². The first-order valence-corrected chi connectivity index (χ1v) is 30.1. The molecule has 12 aromatic rings. The predicted molar refractivity (Wildman–Crippen MR) is 354 cm³/mol. The maximum Gasteiger partial charge on any atom is 0.274 e. The number of Topliss-reactive ketones (excluding diaryl/α,β-unsaturated/α-hetero) is 1. The molecule has 1 atom stereocenters. The highest BCUT2D eigenvalue weighted by molar-refractivity contribution is 7.14. The van der Waals surface area contributed by atoms with Crippen molar-refractivity contribution in [2.75, 3.05) is 0 Å². The van der Waals surface area contributed by atoms with Gasteiger partial charge in [-0.1, -0.05) is 199 Å². The van der Waals surface area contributed by atoms with Crippen LogP contribution in [-0.4, -0.2) is 60.2 Å². The summed E-state index contributed by atoms with van der Waals surface area (Å²) in [5, 5.41) is 0. The monoisotopic (exact) mass is 1150 g/mol. The van der Waals surface area contributed by atoms with E-state index in [0.717, 1.165) is 97.5 Å². The summed E-state index contributed by atoms with van der Waals surface area (Å²) in [5.74, 6) is 0.210. The first-order valence-electron chi connectivity index (χ1n) is 29.6. The van der Waals surface area contributed by atoms with E-state index in [4.69, 9.17) is 9.97 Å². The fraction of sp³-hybridized carbons (Fsp3) is 0.236. The van der Waals surface area contributed by atoms with Crippen molar-refractivity contribution in [1.82, 2.24) is 42.2 Å². The summed E-state index contributed by atoms with van der Waals surface area (Å²) in [6.07, 6.45) is 4.31. The Labute approximate surface area is 503 Å². The van der Waals surface area contributed by atoms with Gasteiger partial charge < -0.3 is 9.07 Å². The summed E-state index contributed by atoms with van der Waals surface area (Å²) in [5.41, 5.74) is 22.9. The van der Waals surface area contributed by atoms with Gasteiger partial charge in [0.25, 0.3) is 5.91 Å². The van der Waals surface area contributed by atoms with Crippen LogP contribution in [0, 0.1) is 41.5 Å². The number of hydrogen-bond donors (Lipinski definition) is 0. The van der Waals surface area contributed by atoms with E-state index in [-0.39, 0.29) is 11.7 Å². The highest BCUT2D eigenvalue weighted by Crippen LogP contribution is 2.33. The van der Waals surface area contributed by atoms with E-state index in [1.807, 2.05) is 173 Å². The lowest BCUT2D eigenvalue weighted by molar-refractivity contribution is 0.0843. The molecule has 0 N–H and O–H groups in total. The van der Waals surface area contributed by atoms with Gasteiger partial charge >= 0.3 is 0 Å². The molecule has 0 aliphatic carbocycles. The maximum absolute atomic E-state index is 12.2. The molecule has 2 aliphatic rings. The number of pyridine rings is 4. The van der Waals surface area contributed by atoms with E-state index >= 15 is 0 Å². The van der Waals surface area contributed by atoms with Gasteiger partial charge in [0.1, 0.15) is 39.7 Å². The van der Waals surface area contributed by atoms with E-state index in [1.54, 1.807) is 4.67 Å². The van der Waals surface area contributed by atoms with Crippen molar-refractivity contribution in [3.8, 4) is 45.0 Å². The zero-order valence-corrected chi connectivity index (χ0v) is 52.9. The quantitative estimate of drug-likeness (QED) is 0.124. The molecule has 10 heterocycles. The number of hydrogen-bond acceptors (Lipinski definition) is 7.